The van der Waals surface area contributed by atoms with Crippen molar-refractivity contribution < 1.29 is 28.2 Å². The van der Waals surface area contributed by atoms with Crippen molar-refractivity contribution in [1.82, 2.24) is 10.0 Å². The van der Waals surface area contributed by atoms with Crippen molar-refractivity contribution in [3.63, 3.8) is 0 Å². The van der Waals surface area contributed by atoms with Crippen molar-refractivity contribution in [2.45, 2.75) is 130 Å². The molecule has 9 heteroatoms. The fraction of sp³-hybridized carbons (Fsp3) is 0.652. The zero-order chi connectivity index (χ0) is 39.8. The van der Waals surface area contributed by atoms with Crippen LogP contribution in [0.3, 0.4) is 0 Å². The number of sulfonamides is 1. The molecule has 5 fully saturated rings. The number of carbonyl (C=O) groups is 2. The Morgan fingerprint density at radius 2 is 1.56 bits per heavy atom. The third-order valence-electron chi connectivity index (χ3n) is 17.0. The van der Waals surface area contributed by atoms with Gasteiger partial charge in [0.25, 0.3) is 0 Å². The Bertz CT molecular complexity index is 1960. The Labute approximate surface area is 329 Å². The lowest BCUT2D eigenvalue weighted by molar-refractivity contribution is -0.246. The average Bonchev–Trinajstić information content (AvgIpc) is 3.54. The summed E-state index contributed by atoms with van der Waals surface area (Å²) in [5.74, 6) is 1.24. The van der Waals surface area contributed by atoms with Gasteiger partial charge in [-0.1, -0.05) is 71.0 Å². The highest BCUT2D eigenvalue weighted by molar-refractivity contribution is 7.89. The lowest BCUT2D eigenvalue weighted by Gasteiger charge is -2.72. The average molecular weight is 773 g/mol. The van der Waals surface area contributed by atoms with Crippen LogP contribution in [0.4, 0.5) is 0 Å². The van der Waals surface area contributed by atoms with Crippen molar-refractivity contribution in [1.29, 1.82) is 0 Å². The minimum absolute atomic E-state index is 0.0276. The Kier molecular flexibility index (Phi) is 10.3. The molecule has 5 saturated carbocycles. The molecule has 0 spiro atoms. The van der Waals surface area contributed by atoms with E-state index in [1.54, 1.807) is 30.3 Å². The van der Waals surface area contributed by atoms with E-state index in [9.17, 15) is 28.2 Å². The zero-order valence-corrected chi connectivity index (χ0v) is 34.7. The molecular weight excluding hydrogens is 709 g/mol. The molecule has 10 atom stereocenters. The maximum atomic E-state index is 14.6. The van der Waals surface area contributed by atoms with Crippen LogP contribution in [0.15, 0.2) is 65.6 Å². The number of aliphatic hydroxyl groups excluding tert-OH is 1. The number of benzene rings is 2. The Hall–Kier alpha value is -3.01. The van der Waals surface area contributed by atoms with Crippen LogP contribution in [0, 0.1) is 56.7 Å². The molecule has 2 aromatic rings. The number of amides is 1. The number of aromatic carboxylic acids is 1. The van der Waals surface area contributed by atoms with Crippen molar-refractivity contribution in [2.24, 2.45) is 56.7 Å². The van der Waals surface area contributed by atoms with E-state index in [0.29, 0.717) is 42.2 Å². The first-order valence-electron chi connectivity index (χ1n) is 20.8. The quantitative estimate of drug-likeness (QED) is 0.179. The molecule has 4 unspecified atom stereocenters. The molecular formula is C46H64N2O6S. The summed E-state index contributed by atoms with van der Waals surface area (Å²) >= 11 is 0. The first-order valence-corrected chi connectivity index (χ1v) is 22.3. The molecule has 0 saturated heterocycles. The number of carbonyl (C=O) groups excluding carboxylic acids is 1. The minimum atomic E-state index is -3.85. The highest BCUT2D eigenvalue weighted by Crippen LogP contribution is 2.77. The van der Waals surface area contributed by atoms with Crippen molar-refractivity contribution in [2.75, 3.05) is 6.54 Å². The maximum absolute atomic E-state index is 14.6. The van der Waals surface area contributed by atoms with Gasteiger partial charge in [-0.3, -0.25) is 4.79 Å². The third-order valence-corrected chi connectivity index (χ3v) is 18.4. The monoisotopic (exact) mass is 772 g/mol. The second-order valence-electron chi connectivity index (χ2n) is 19.7. The Morgan fingerprint density at radius 3 is 2.29 bits per heavy atom. The van der Waals surface area contributed by atoms with Gasteiger partial charge in [0.15, 0.2) is 0 Å². The van der Waals surface area contributed by atoms with Crippen molar-refractivity contribution >= 4 is 21.9 Å². The maximum Gasteiger partial charge on any atom is 0.335 e. The normalized spacial score (nSPS) is 37.8. The van der Waals surface area contributed by atoms with Gasteiger partial charge in [-0.05, 0) is 164 Å². The van der Waals surface area contributed by atoms with E-state index in [4.69, 9.17) is 0 Å². The first-order chi connectivity index (χ1) is 25.8. The SMILES string of the molecule is C=C(C)[C@@H]1CC[C@]2(C(=O)NCCc3cccc(S(=O)(=O)NCc4cccc(C(=O)O)c4)c3)CC[C@]3(C)C(CCC4[C@@]5(C)CC[C@H](O)C(C)(C)C5CC[C@]43C)C12. The molecule has 300 valence electrons. The van der Waals surface area contributed by atoms with E-state index < -0.39 is 21.4 Å². The minimum Gasteiger partial charge on any atom is -0.478 e. The van der Waals surface area contributed by atoms with Crippen molar-refractivity contribution in [3.8, 4) is 0 Å². The predicted octanol–water partition coefficient (Wildman–Crippen LogP) is 8.54. The van der Waals surface area contributed by atoms with Crippen LogP contribution in [0.5, 0.6) is 0 Å². The van der Waals surface area contributed by atoms with Crippen LogP contribution in [0.2, 0.25) is 0 Å². The van der Waals surface area contributed by atoms with Gasteiger partial charge in [-0.15, -0.1) is 0 Å². The number of nitrogens with one attached hydrogen (secondary N) is 2. The molecule has 0 bridgehead atoms. The zero-order valence-electron chi connectivity index (χ0n) is 33.9. The van der Waals surface area contributed by atoms with E-state index >= 15 is 0 Å². The molecule has 2 aromatic carbocycles. The predicted molar refractivity (Wildman–Crippen MR) is 216 cm³/mol. The van der Waals surface area contributed by atoms with Gasteiger partial charge in [0, 0.05) is 13.1 Å². The van der Waals surface area contributed by atoms with E-state index in [1.807, 2.05) is 6.07 Å². The lowest BCUT2D eigenvalue weighted by atomic mass is 9.32. The second kappa shape index (κ2) is 14.1. The summed E-state index contributed by atoms with van der Waals surface area (Å²) in [4.78, 5) is 26.1. The first kappa shape index (κ1) is 40.2. The molecule has 0 aromatic heterocycles. The fourth-order valence-corrected chi connectivity index (χ4v) is 15.1. The fourth-order valence-electron chi connectivity index (χ4n) is 14.0. The van der Waals surface area contributed by atoms with Crippen molar-refractivity contribution in [3.05, 3.63) is 77.4 Å². The van der Waals surface area contributed by atoms with Crippen LogP contribution in [0.25, 0.3) is 0 Å². The summed E-state index contributed by atoms with van der Waals surface area (Å²) in [7, 11) is -3.85. The summed E-state index contributed by atoms with van der Waals surface area (Å²) in [6, 6.07) is 13.0. The largest absolute Gasteiger partial charge is 0.478 e. The van der Waals surface area contributed by atoms with Gasteiger partial charge in [0.2, 0.25) is 15.9 Å². The molecule has 7 rings (SSSR count). The number of fused-ring (bicyclic) bond motifs is 7. The molecule has 8 nitrogen and oxygen atoms in total. The van der Waals surface area contributed by atoms with Gasteiger partial charge in [-0.25, -0.2) is 17.9 Å². The highest BCUT2D eigenvalue weighted by Gasteiger charge is 2.71. The van der Waals surface area contributed by atoms with Crippen LogP contribution < -0.4 is 10.0 Å². The van der Waals surface area contributed by atoms with E-state index in [0.717, 1.165) is 56.9 Å². The lowest BCUT2D eigenvalue weighted by Crippen LogP contribution is -2.67. The van der Waals surface area contributed by atoms with Crippen LogP contribution in [-0.2, 0) is 27.8 Å². The number of carboxylic acids is 1. The molecule has 1 amide bonds. The van der Waals surface area contributed by atoms with Gasteiger partial charge >= 0.3 is 5.97 Å². The summed E-state index contributed by atoms with van der Waals surface area (Å²) in [6.07, 6.45) is 10.8. The molecule has 5 aliphatic rings. The van der Waals surface area contributed by atoms with Gasteiger partial charge < -0.3 is 15.5 Å². The van der Waals surface area contributed by atoms with Crippen LogP contribution in [-0.4, -0.2) is 43.2 Å². The molecule has 0 radical (unpaired) electrons. The van der Waals surface area contributed by atoms with Gasteiger partial charge in [0.1, 0.15) is 0 Å². The number of rotatable bonds is 10. The third kappa shape index (κ3) is 6.43. The molecule has 55 heavy (non-hydrogen) atoms. The number of allylic oxidation sites excluding steroid dienone is 1. The second-order valence-corrected chi connectivity index (χ2v) is 21.5. The summed E-state index contributed by atoms with van der Waals surface area (Å²) in [6.45, 7) is 19.5. The summed E-state index contributed by atoms with van der Waals surface area (Å²) < 4.78 is 29.1. The summed E-state index contributed by atoms with van der Waals surface area (Å²) in [5, 5.41) is 23.8. The number of carboxylic acid groups (broad SMARTS) is 1. The topological polar surface area (TPSA) is 133 Å². The standard InChI is InChI=1S/C46H64N2O6S/c1-29(2)34-16-22-46(41(52)47-25-19-30-10-9-13-33(27-30)55(53,54)48-28-31-11-8-12-32(26-31)40(50)51)24-23-44(6)35(39(34)46)14-15-37-43(5)20-18-38(49)42(3,4)36(43)17-21-45(37,44)7/h8-13,26-27,34-39,48-49H,1,14-25,28H2,2-7H3,(H,47,52)(H,50,51)/t34-,35?,36?,37?,38-,39?,43-,44+,45+,46-/m0/s1. The molecule has 0 aliphatic heterocycles. The molecule has 5 aliphatic carbocycles. The summed E-state index contributed by atoms with van der Waals surface area (Å²) in [5.41, 5.74) is 2.68. The number of hydrogen-bond donors (Lipinski definition) is 4. The van der Waals surface area contributed by atoms with Gasteiger partial charge in [0.05, 0.1) is 22.0 Å². The number of hydrogen-bond acceptors (Lipinski definition) is 5. The van der Waals surface area contributed by atoms with E-state index in [2.05, 4.69) is 58.2 Å². The van der Waals surface area contributed by atoms with E-state index in [1.165, 1.54) is 30.5 Å². The molecule has 4 N–H and O–H groups in total. The van der Waals surface area contributed by atoms with Gasteiger partial charge in [-0.2, -0.15) is 0 Å². The van der Waals surface area contributed by atoms with E-state index in [-0.39, 0.29) is 56.6 Å². The highest BCUT2D eigenvalue weighted by atomic mass is 32.2. The van der Waals surface area contributed by atoms with Crippen LogP contribution in [0.1, 0.15) is 127 Å². The smallest absolute Gasteiger partial charge is 0.335 e. The Morgan fingerprint density at radius 1 is 0.836 bits per heavy atom. The van der Waals surface area contributed by atoms with Crippen LogP contribution >= 0.6 is 0 Å². The Balaban J connectivity index is 1.06. The molecule has 0 heterocycles. The number of aliphatic hydroxyl groups is 1.